The molecule has 0 unspecified atom stereocenters. The van der Waals surface area contributed by atoms with Crippen molar-refractivity contribution in [2.75, 3.05) is 19.3 Å². The summed E-state index contributed by atoms with van der Waals surface area (Å²) in [5.41, 5.74) is 0.626. The Bertz CT molecular complexity index is 493. The van der Waals surface area contributed by atoms with Gasteiger partial charge in [-0.2, -0.15) is 5.26 Å². The molecule has 1 fully saturated rings. The summed E-state index contributed by atoms with van der Waals surface area (Å²) in [5.74, 6) is -0.328. The smallest absolute Gasteiger partial charge is 0.146 e. The third-order valence-electron chi connectivity index (χ3n) is 3.68. The molecule has 0 aliphatic carbocycles. The van der Waals surface area contributed by atoms with Crippen LogP contribution in [0.5, 0.6) is 0 Å². The van der Waals surface area contributed by atoms with E-state index in [1.165, 1.54) is 0 Å². The first-order chi connectivity index (χ1) is 9.10. The minimum atomic E-state index is -0.328. The number of halogens is 2. The Morgan fingerprint density at radius 1 is 1.47 bits per heavy atom. The summed E-state index contributed by atoms with van der Waals surface area (Å²) >= 11 is 7.41. The van der Waals surface area contributed by atoms with Crippen LogP contribution in [0.4, 0.5) is 4.39 Å². The lowest BCUT2D eigenvalue weighted by molar-refractivity contribution is 0.207. The molecule has 0 atom stereocenters. The van der Waals surface area contributed by atoms with E-state index >= 15 is 0 Å². The van der Waals surface area contributed by atoms with Gasteiger partial charge in [-0.05, 0) is 25.2 Å². The number of thioether (sulfide) groups is 1. The number of nitrogens with zero attached hydrogens (tertiary/aromatic N) is 2. The lowest BCUT2D eigenvalue weighted by atomic mass is 9.97. The van der Waals surface area contributed by atoms with Gasteiger partial charge in [-0.3, -0.25) is 4.90 Å². The molecule has 0 spiro atoms. The summed E-state index contributed by atoms with van der Waals surface area (Å²) in [7, 11) is 0. The van der Waals surface area contributed by atoms with E-state index in [2.05, 4.69) is 11.0 Å². The highest BCUT2D eigenvalue weighted by atomic mass is 35.5. The lowest BCUT2D eigenvalue weighted by Gasteiger charge is -2.36. The van der Waals surface area contributed by atoms with Crippen LogP contribution in [-0.2, 0) is 6.54 Å². The zero-order chi connectivity index (χ0) is 13.9. The second-order valence-corrected chi connectivity index (χ2v) is 6.40. The first-order valence-corrected chi connectivity index (χ1v) is 7.82. The predicted molar refractivity (Wildman–Crippen MR) is 77.8 cm³/mol. The number of likely N-dealkylation sites (tertiary alicyclic amines) is 1. The van der Waals surface area contributed by atoms with Crippen molar-refractivity contribution in [3.8, 4) is 6.07 Å². The Balaban J connectivity index is 2.00. The molecule has 2 rings (SSSR count). The van der Waals surface area contributed by atoms with Gasteiger partial charge in [0.25, 0.3) is 0 Å². The number of piperidine rings is 1. The number of hydrogen-bond acceptors (Lipinski definition) is 3. The van der Waals surface area contributed by atoms with Gasteiger partial charge in [-0.15, -0.1) is 11.8 Å². The van der Waals surface area contributed by atoms with Gasteiger partial charge in [0.2, 0.25) is 0 Å². The van der Waals surface area contributed by atoms with Crippen molar-refractivity contribution in [1.29, 1.82) is 5.26 Å². The van der Waals surface area contributed by atoms with Crippen molar-refractivity contribution in [1.82, 2.24) is 4.90 Å². The second-order valence-electron chi connectivity index (χ2n) is 4.80. The Morgan fingerprint density at radius 3 is 2.74 bits per heavy atom. The van der Waals surface area contributed by atoms with E-state index in [0.717, 1.165) is 25.9 Å². The highest BCUT2D eigenvalue weighted by Gasteiger charge is 2.33. The average Bonchev–Trinajstić information content (AvgIpc) is 2.45. The Labute approximate surface area is 122 Å². The molecule has 0 bridgehead atoms. The summed E-state index contributed by atoms with van der Waals surface area (Å²) in [5, 5.41) is 9.40. The topological polar surface area (TPSA) is 27.0 Å². The molecule has 1 saturated heterocycles. The van der Waals surface area contributed by atoms with Crippen molar-refractivity contribution in [3.63, 3.8) is 0 Å². The Morgan fingerprint density at radius 2 is 2.16 bits per heavy atom. The van der Waals surface area contributed by atoms with Crippen molar-refractivity contribution in [2.24, 2.45) is 0 Å². The minimum Gasteiger partial charge on any atom is -0.299 e. The molecule has 1 aliphatic rings. The molecule has 1 aromatic rings. The molecule has 1 aliphatic heterocycles. The van der Waals surface area contributed by atoms with Crippen LogP contribution in [0.15, 0.2) is 18.2 Å². The number of rotatable bonds is 3. The van der Waals surface area contributed by atoms with Crippen LogP contribution in [0.1, 0.15) is 18.4 Å². The fourth-order valence-corrected chi connectivity index (χ4v) is 3.22. The van der Waals surface area contributed by atoms with Gasteiger partial charge in [0.15, 0.2) is 0 Å². The van der Waals surface area contributed by atoms with Crippen LogP contribution in [0.2, 0.25) is 5.02 Å². The summed E-state index contributed by atoms with van der Waals surface area (Å²) in [6.07, 6.45) is 3.63. The normalized spacial score (nSPS) is 19.1. The zero-order valence-corrected chi connectivity index (χ0v) is 12.4. The Kier molecular flexibility index (Phi) is 4.72. The van der Waals surface area contributed by atoms with Crippen LogP contribution in [-0.4, -0.2) is 29.0 Å². The molecular weight excluding hydrogens is 283 g/mol. The van der Waals surface area contributed by atoms with E-state index < -0.39 is 0 Å². The average molecular weight is 299 g/mol. The van der Waals surface area contributed by atoms with Crippen molar-refractivity contribution >= 4 is 23.4 Å². The van der Waals surface area contributed by atoms with Crippen LogP contribution in [0.3, 0.4) is 0 Å². The summed E-state index contributed by atoms with van der Waals surface area (Å²) in [6, 6.07) is 7.51. The first kappa shape index (κ1) is 14.6. The molecule has 0 saturated carbocycles. The van der Waals surface area contributed by atoms with Crippen molar-refractivity contribution < 1.29 is 4.39 Å². The predicted octanol–water partition coefficient (Wildman–Crippen LogP) is 3.70. The fraction of sp³-hybridized carbons (Fsp3) is 0.500. The van der Waals surface area contributed by atoms with Crippen LogP contribution >= 0.6 is 23.4 Å². The van der Waals surface area contributed by atoms with E-state index in [-0.39, 0.29) is 15.6 Å². The largest absolute Gasteiger partial charge is 0.299 e. The van der Waals surface area contributed by atoms with Gasteiger partial charge in [-0.1, -0.05) is 23.7 Å². The molecular formula is C14H16ClFN2S. The van der Waals surface area contributed by atoms with Gasteiger partial charge in [0.05, 0.1) is 11.1 Å². The highest BCUT2D eigenvalue weighted by Crippen LogP contribution is 2.34. The Hall–Kier alpha value is -0.760. The summed E-state index contributed by atoms with van der Waals surface area (Å²) in [4.78, 5) is 2.18. The van der Waals surface area contributed by atoms with Crippen LogP contribution in [0, 0.1) is 17.1 Å². The molecule has 1 aromatic carbocycles. The van der Waals surface area contributed by atoms with E-state index in [1.54, 1.807) is 30.0 Å². The molecule has 1 heterocycles. The molecule has 0 radical (unpaired) electrons. The van der Waals surface area contributed by atoms with E-state index in [9.17, 15) is 9.65 Å². The molecule has 0 N–H and O–H groups in total. The van der Waals surface area contributed by atoms with Gasteiger partial charge < -0.3 is 0 Å². The molecule has 2 nitrogen and oxygen atoms in total. The van der Waals surface area contributed by atoms with E-state index in [1.807, 2.05) is 6.26 Å². The SMILES string of the molecule is CSC1(C#N)CCN(Cc2cccc(Cl)c2F)CC1. The highest BCUT2D eigenvalue weighted by molar-refractivity contribution is 8.00. The molecule has 5 heteroatoms. The lowest BCUT2D eigenvalue weighted by Crippen LogP contribution is -2.41. The molecule has 19 heavy (non-hydrogen) atoms. The summed E-state index contributed by atoms with van der Waals surface area (Å²) < 4.78 is 13.6. The second kappa shape index (κ2) is 6.13. The van der Waals surface area contributed by atoms with E-state index in [4.69, 9.17) is 11.6 Å². The maximum absolute atomic E-state index is 13.8. The number of hydrogen-bond donors (Lipinski definition) is 0. The molecule has 102 valence electrons. The zero-order valence-electron chi connectivity index (χ0n) is 10.8. The first-order valence-electron chi connectivity index (χ1n) is 6.22. The van der Waals surface area contributed by atoms with Crippen molar-refractivity contribution in [2.45, 2.75) is 24.1 Å². The third-order valence-corrected chi connectivity index (χ3v) is 5.26. The maximum atomic E-state index is 13.8. The van der Waals surface area contributed by atoms with Gasteiger partial charge in [-0.25, -0.2) is 4.39 Å². The van der Waals surface area contributed by atoms with Crippen molar-refractivity contribution in [3.05, 3.63) is 34.6 Å². The minimum absolute atomic E-state index is 0.171. The van der Waals surface area contributed by atoms with Crippen LogP contribution in [0.25, 0.3) is 0 Å². The number of nitriles is 1. The fourth-order valence-electron chi connectivity index (χ4n) is 2.35. The standard InChI is InChI=1S/C14H16ClFN2S/c1-19-14(10-17)5-7-18(8-6-14)9-11-3-2-4-12(15)13(11)16/h2-4H,5-9H2,1H3. The van der Waals surface area contributed by atoms with Gasteiger partial charge in [0.1, 0.15) is 10.6 Å². The maximum Gasteiger partial charge on any atom is 0.146 e. The number of benzene rings is 1. The van der Waals surface area contributed by atoms with Gasteiger partial charge >= 0.3 is 0 Å². The van der Waals surface area contributed by atoms with E-state index in [0.29, 0.717) is 12.1 Å². The molecule has 0 amide bonds. The summed E-state index contributed by atoms with van der Waals surface area (Å²) in [6.45, 7) is 2.20. The third kappa shape index (κ3) is 3.22. The van der Waals surface area contributed by atoms with Crippen LogP contribution < -0.4 is 0 Å². The quantitative estimate of drug-likeness (QED) is 0.851. The monoisotopic (exact) mass is 298 g/mol. The molecule has 0 aromatic heterocycles. The van der Waals surface area contributed by atoms with Gasteiger partial charge in [0, 0.05) is 25.2 Å².